The van der Waals surface area contributed by atoms with Gasteiger partial charge in [0.15, 0.2) is 0 Å². The second-order valence-electron chi connectivity index (χ2n) is 2.09. The monoisotopic (exact) mass is 211 g/mol. The normalized spacial score (nSPS) is 11.3. The van der Waals surface area contributed by atoms with Crippen molar-refractivity contribution < 1.29 is 23.1 Å². The van der Waals surface area contributed by atoms with Gasteiger partial charge in [-0.15, -0.1) is 11.3 Å². The molecule has 2 N–H and O–H groups in total. The second-order valence-corrected chi connectivity index (χ2v) is 3.01. The lowest BCUT2D eigenvalue weighted by Crippen LogP contribution is -2.11. The van der Waals surface area contributed by atoms with Crippen molar-refractivity contribution in [3.63, 3.8) is 0 Å². The molecule has 0 unspecified atom stereocenters. The van der Waals surface area contributed by atoms with Gasteiger partial charge in [-0.2, -0.15) is 13.2 Å². The molecule has 1 aromatic rings. The Labute approximate surface area is 74.8 Å². The zero-order valence-electron chi connectivity index (χ0n) is 6.05. The third kappa shape index (κ3) is 2.35. The predicted octanol–water partition coefficient (Wildman–Crippen LogP) is 2.86. The first-order valence-electron chi connectivity index (χ1n) is 3.06. The number of anilines is 1. The number of hydrogen-bond donors (Lipinski definition) is 2. The van der Waals surface area contributed by atoms with E-state index in [0.717, 1.165) is 6.07 Å². The Morgan fingerprint density at radius 3 is 2.62 bits per heavy atom. The molecule has 3 nitrogen and oxygen atoms in total. The molecule has 0 spiro atoms. The standard InChI is InChI=1S/C6H4F3NO2S/c7-6(8,9)4-3(1-2-13-4)10-5(11)12/h1-2,10H,(H,11,12). The number of carbonyl (C=O) groups is 1. The number of hydrogen-bond acceptors (Lipinski definition) is 2. The van der Waals surface area contributed by atoms with Crippen LogP contribution in [0, 0.1) is 0 Å². The van der Waals surface area contributed by atoms with Crippen LogP contribution in [0.3, 0.4) is 0 Å². The fourth-order valence-corrected chi connectivity index (χ4v) is 1.46. The summed E-state index contributed by atoms with van der Waals surface area (Å²) in [5, 5.41) is 11.0. The highest BCUT2D eigenvalue weighted by atomic mass is 32.1. The lowest BCUT2D eigenvalue weighted by atomic mass is 10.4. The number of rotatable bonds is 1. The van der Waals surface area contributed by atoms with Gasteiger partial charge >= 0.3 is 12.3 Å². The summed E-state index contributed by atoms with van der Waals surface area (Å²) in [5.41, 5.74) is -0.426. The van der Waals surface area contributed by atoms with Gasteiger partial charge < -0.3 is 5.11 Å². The van der Waals surface area contributed by atoms with Crippen LogP contribution in [0.15, 0.2) is 11.4 Å². The molecule has 0 radical (unpaired) electrons. The van der Waals surface area contributed by atoms with Crippen LogP contribution in [0.25, 0.3) is 0 Å². The topological polar surface area (TPSA) is 49.3 Å². The van der Waals surface area contributed by atoms with Gasteiger partial charge in [0, 0.05) is 0 Å². The average Bonchev–Trinajstić information content (AvgIpc) is 2.31. The van der Waals surface area contributed by atoms with E-state index >= 15 is 0 Å². The minimum Gasteiger partial charge on any atom is -0.465 e. The molecule has 0 fully saturated rings. The Balaban J connectivity index is 2.96. The maximum Gasteiger partial charge on any atom is 0.427 e. The molecule has 0 bridgehead atoms. The molecule has 0 aliphatic carbocycles. The first kappa shape index (κ1) is 9.85. The molecule has 0 aliphatic heterocycles. The molecule has 0 saturated heterocycles. The van der Waals surface area contributed by atoms with Gasteiger partial charge in [-0.1, -0.05) is 0 Å². The van der Waals surface area contributed by atoms with E-state index in [1.54, 1.807) is 5.32 Å². The zero-order valence-corrected chi connectivity index (χ0v) is 6.87. The third-order valence-electron chi connectivity index (χ3n) is 1.16. The maximum atomic E-state index is 12.1. The molecular formula is C6H4F3NO2S. The van der Waals surface area contributed by atoms with Crippen molar-refractivity contribution in [3.05, 3.63) is 16.3 Å². The first-order chi connectivity index (χ1) is 5.91. The van der Waals surface area contributed by atoms with Gasteiger partial charge in [-0.3, -0.25) is 5.32 Å². The van der Waals surface area contributed by atoms with Crippen LogP contribution in [-0.2, 0) is 6.18 Å². The van der Waals surface area contributed by atoms with E-state index in [1.165, 1.54) is 5.38 Å². The minimum atomic E-state index is -4.51. The number of nitrogens with one attached hydrogen (secondary N) is 1. The number of alkyl halides is 3. The van der Waals surface area contributed by atoms with Gasteiger partial charge in [0.05, 0.1) is 5.69 Å². The summed E-state index contributed by atoms with van der Waals surface area (Å²) in [7, 11) is 0. The first-order valence-corrected chi connectivity index (χ1v) is 3.94. The summed E-state index contributed by atoms with van der Waals surface area (Å²) >= 11 is 0.448. The third-order valence-corrected chi connectivity index (χ3v) is 2.12. The van der Waals surface area contributed by atoms with Crippen LogP contribution >= 0.6 is 11.3 Å². The van der Waals surface area contributed by atoms with Crippen LogP contribution < -0.4 is 5.32 Å². The zero-order chi connectivity index (χ0) is 10.1. The highest BCUT2D eigenvalue weighted by Crippen LogP contribution is 2.38. The highest BCUT2D eigenvalue weighted by Gasteiger charge is 2.35. The fourth-order valence-electron chi connectivity index (χ4n) is 0.742. The molecule has 0 aromatic carbocycles. The molecule has 0 atom stereocenters. The quantitative estimate of drug-likeness (QED) is 0.750. The van der Waals surface area contributed by atoms with E-state index in [1.807, 2.05) is 0 Å². The van der Waals surface area contributed by atoms with E-state index in [-0.39, 0.29) is 0 Å². The van der Waals surface area contributed by atoms with Crippen molar-refractivity contribution in [1.29, 1.82) is 0 Å². The summed E-state index contributed by atoms with van der Waals surface area (Å²) in [6, 6.07) is 1.07. The van der Waals surface area contributed by atoms with Gasteiger partial charge in [0.2, 0.25) is 0 Å². The smallest absolute Gasteiger partial charge is 0.427 e. The number of amides is 1. The van der Waals surface area contributed by atoms with E-state index in [9.17, 15) is 18.0 Å². The second kappa shape index (κ2) is 3.25. The molecule has 13 heavy (non-hydrogen) atoms. The van der Waals surface area contributed by atoms with Gasteiger partial charge in [0.1, 0.15) is 4.88 Å². The van der Waals surface area contributed by atoms with E-state index in [0.29, 0.717) is 11.3 Å². The van der Waals surface area contributed by atoms with E-state index < -0.39 is 22.8 Å². The van der Waals surface area contributed by atoms with Crippen LogP contribution in [0.2, 0.25) is 0 Å². The Kier molecular flexibility index (Phi) is 2.46. The molecule has 1 rings (SSSR count). The van der Waals surface area contributed by atoms with Crippen molar-refractivity contribution in [2.45, 2.75) is 6.18 Å². The van der Waals surface area contributed by atoms with Crippen LogP contribution in [0.1, 0.15) is 4.88 Å². The van der Waals surface area contributed by atoms with Gasteiger partial charge in [-0.05, 0) is 11.4 Å². The molecular weight excluding hydrogens is 207 g/mol. The van der Waals surface area contributed by atoms with Gasteiger partial charge in [-0.25, -0.2) is 4.79 Å². The van der Waals surface area contributed by atoms with E-state index in [2.05, 4.69) is 0 Å². The van der Waals surface area contributed by atoms with Crippen LogP contribution in [0.5, 0.6) is 0 Å². The maximum absolute atomic E-state index is 12.1. The van der Waals surface area contributed by atoms with Crippen molar-refractivity contribution in [2.24, 2.45) is 0 Å². The summed E-state index contributed by atoms with van der Waals surface area (Å²) in [6.45, 7) is 0. The largest absolute Gasteiger partial charge is 0.465 e. The molecule has 1 aromatic heterocycles. The van der Waals surface area contributed by atoms with E-state index in [4.69, 9.17) is 5.11 Å². The minimum absolute atomic E-state index is 0.426. The summed E-state index contributed by atoms with van der Waals surface area (Å²) < 4.78 is 36.3. The Morgan fingerprint density at radius 2 is 2.15 bits per heavy atom. The number of thiophene rings is 1. The molecule has 7 heteroatoms. The molecule has 1 amide bonds. The van der Waals surface area contributed by atoms with Crippen molar-refractivity contribution >= 4 is 23.1 Å². The van der Waals surface area contributed by atoms with Crippen molar-refractivity contribution in [3.8, 4) is 0 Å². The molecule has 0 saturated carbocycles. The summed E-state index contributed by atoms with van der Waals surface area (Å²) in [5.74, 6) is 0. The summed E-state index contributed by atoms with van der Waals surface area (Å²) in [4.78, 5) is 9.14. The lowest BCUT2D eigenvalue weighted by Gasteiger charge is -2.06. The average molecular weight is 211 g/mol. The summed E-state index contributed by atoms with van der Waals surface area (Å²) in [6.07, 6.45) is -6.02. The Morgan fingerprint density at radius 1 is 1.54 bits per heavy atom. The Hall–Kier alpha value is -1.24. The molecule has 72 valence electrons. The predicted molar refractivity (Wildman–Crippen MR) is 41.0 cm³/mol. The molecule has 1 heterocycles. The van der Waals surface area contributed by atoms with Gasteiger partial charge in [0.25, 0.3) is 0 Å². The lowest BCUT2D eigenvalue weighted by molar-refractivity contribution is -0.133. The van der Waals surface area contributed by atoms with Crippen LogP contribution in [-0.4, -0.2) is 11.2 Å². The number of halogens is 3. The van der Waals surface area contributed by atoms with Crippen molar-refractivity contribution in [2.75, 3.05) is 5.32 Å². The highest BCUT2D eigenvalue weighted by molar-refractivity contribution is 7.10. The van der Waals surface area contributed by atoms with Crippen LogP contribution in [0.4, 0.5) is 23.7 Å². The fraction of sp³-hybridized carbons (Fsp3) is 0.167. The SMILES string of the molecule is O=C(O)Nc1ccsc1C(F)(F)F. The Bertz CT molecular complexity index is 320. The molecule has 0 aliphatic rings. The number of carboxylic acid groups (broad SMARTS) is 1. The van der Waals surface area contributed by atoms with Crippen molar-refractivity contribution in [1.82, 2.24) is 0 Å².